The molecule has 0 saturated carbocycles. The summed E-state index contributed by atoms with van der Waals surface area (Å²) in [6, 6.07) is 9.03. The molecule has 0 aliphatic carbocycles. The van der Waals surface area contributed by atoms with E-state index < -0.39 is 4.92 Å². The highest BCUT2D eigenvalue weighted by Crippen LogP contribution is 2.27. The predicted molar refractivity (Wildman–Crippen MR) is 90.0 cm³/mol. The van der Waals surface area contributed by atoms with Gasteiger partial charge in [-0.25, -0.2) is 0 Å². The molecule has 1 amide bonds. The summed E-state index contributed by atoms with van der Waals surface area (Å²) in [4.78, 5) is 22.1. The zero-order valence-electron chi connectivity index (χ0n) is 13.0. The smallest absolute Gasteiger partial charge is 0.269 e. The highest BCUT2D eigenvalue weighted by Gasteiger charge is 2.11. The van der Waals surface area contributed by atoms with Gasteiger partial charge in [0.1, 0.15) is 11.5 Å². The number of amides is 1. The number of ether oxygens (including phenoxy) is 2. The van der Waals surface area contributed by atoms with E-state index in [2.05, 4.69) is 5.32 Å². The number of halogens is 1. The van der Waals surface area contributed by atoms with Crippen molar-refractivity contribution in [3.8, 4) is 11.5 Å². The molecule has 24 heavy (non-hydrogen) atoms. The van der Waals surface area contributed by atoms with E-state index in [0.717, 1.165) is 0 Å². The van der Waals surface area contributed by atoms with Crippen LogP contribution in [-0.2, 0) is 4.79 Å². The summed E-state index contributed by atoms with van der Waals surface area (Å²) < 4.78 is 10.4. The molecule has 7 nitrogen and oxygen atoms in total. The summed E-state index contributed by atoms with van der Waals surface area (Å²) >= 11 is 5.98. The van der Waals surface area contributed by atoms with Crippen LogP contribution in [0.2, 0.25) is 5.02 Å². The van der Waals surface area contributed by atoms with Crippen molar-refractivity contribution in [3.05, 3.63) is 57.1 Å². The van der Waals surface area contributed by atoms with Crippen LogP contribution in [0, 0.1) is 17.0 Å². The Morgan fingerprint density at radius 1 is 1.25 bits per heavy atom. The van der Waals surface area contributed by atoms with Crippen molar-refractivity contribution in [3.63, 3.8) is 0 Å². The van der Waals surface area contributed by atoms with Crippen LogP contribution in [0.5, 0.6) is 11.5 Å². The summed E-state index contributed by atoms with van der Waals surface area (Å²) in [5.74, 6) is 0.532. The number of nitro benzene ring substituents is 1. The average Bonchev–Trinajstić information content (AvgIpc) is 2.53. The maximum absolute atomic E-state index is 11.9. The molecule has 0 aliphatic heterocycles. The molecule has 2 aromatic carbocycles. The number of benzene rings is 2. The van der Waals surface area contributed by atoms with E-state index in [-0.39, 0.29) is 18.2 Å². The van der Waals surface area contributed by atoms with Crippen molar-refractivity contribution >= 4 is 28.9 Å². The summed E-state index contributed by atoms with van der Waals surface area (Å²) in [7, 11) is 1.50. The first-order chi connectivity index (χ1) is 11.4. The number of anilines is 1. The SMILES string of the molecule is COc1ccc(NC(=O)COc2ccc([N+](=O)[O-])cc2C)cc1Cl. The standard InChI is InChI=1S/C16H15ClN2O5/c1-10-7-12(19(21)22)4-6-14(10)24-9-16(20)18-11-3-5-15(23-2)13(17)8-11/h3-8H,9H2,1-2H3,(H,18,20). The van der Waals surface area contributed by atoms with Crippen LogP contribution in [0.1, 0.15) is 5.56 Å². The van der Waals surface area contributed by atoms with Crippen molar-refractivity contribution in [2.45, 2.75) is 6.92 Å². The molecule has 0 bridgehead atoms. The maximum atomic E-state index is 11.9. The minimum atomic E-state index is -0.489. The summed E-state index contributed by atoms with van der Waals surface area (Å²) in [5, 5.41) is 13.7. The van der Waals surface area contributed by atoms with Gasteiger partial charge in [-0.1, -0.05) is 11.6 Å². The lowest BCUT2D eigenvalue weighted by molar-refractivity contribution is -0.384. The second kappa shape index (κ2) is 7.65. The van der Waals surface area contributed by atoms with Crippen molar-refractivity contribution in [1.82, 2.24) is 0 Å². The summed E-state index contributed by atoms with van der Waals surface area (Å²) in [6.45, 7) is 1.44. The molecule has 2 rings (SSSR count). The van der Waals surface area contributed by atoms with Gasteiger partial charge in [-0.3, -0.25) is 14.9 Å². The first-order valence-electron chi connectivity index (χ1n) is 6.92. The topological polar surface area (TPSA) is 90.7 Å². The third-order valence-electron chi connectivity index (χ3n) is 3.16. The van der Waals surface area contributed by atoms with Crippen LogP contribution in [0.4, 0.5) is 11.4 Å². The van der Waals surface area contributed by atoms with Gasteiger partial charge in [0, 0.05) is 17.8 Å². The molecule has 8 heteroatoms. The fraction of sp³-hybridized carbons (Fsp3) is 0.188. The van der Waals surface area contributed by atoms with Gasteiger partial charge in [0.15, 0.2) is 6.61 Å². The largest absolute Gasteiger partial charge is 0.495 e. The number of aryl methyl sites for hydroxylation is 1. The minimum absolute atomic E-state index is 0.0304. The number of carbonyl (C=O) groups excluding carboxylic acids is 1. The highest BCUT2D eigenvalue weighted by atomic mass is 35.5. The first kappa shape index (κ1) is 17.6. The van der Waals surface area contributed by atoms with Crippen LogP contribution in [0.3, 0.4) is 0 Å². The van der Waals surface area contributed by atoms with Gasteiger partial charge >= 0.3 is 0 Å². The summed E-state index contributed by atoms with van der Waals surface area (Å²) in [5.41, 5.74) is 1.05. The van der Waals surface area contributed by atoms with Gasteiger partial charge in [0.25, 0.3) is 11.6 Å². The van der Waals surface area contributed by atoms with E-state index in [4.69, 9.17) is 21.1 Å². The highest BCUT2D eigenvalue weighted by molar-refractivity contribution is 6.32. The monoisotopic (exact) mass is 350 g/mol. The maximum Gasteiger partial charge on any atom is 0.269 e. The third-order valence-corrected chi connectivity index (χ3v) is 3.46. The first-order valence-corrected chi connectivity index (χ1v) is 7.29. The van der Waals surface area contributed by atoms with Gasteiger partial charge in [-0.15, -0.1) is 0 Å². The molecule has 2 aromatic rings. The van der Waals surface area contributed by atoms with Crippen molar-refractivity contribution in [1.29, 1.82) is 0 Å². The number of hydrogen-bond donors (Lipinski definition) is 1. The molecule has 126 valence electrons. The molecule has 1 N–H and O–H groups in total. The molecule has 0 saturated heterocycles. The molecule has 0 spiro atoms. The van der Waals surface area contributed by atoms with E-state index in [1.165, 1.54) is 25.3 Å². The van der Waals surface area contributed by atoms with Gasteiger partial charge in [0.2, 0.25) is 0 Å². The Balaban J connectivity index is 1.96. The molecule has 0 fully saturated rings. The average molecular weight is 351 g/mol. The summed E-state index contributed by atoms with van der Waals surface area (Å²) in [6.07, 6.45) is 0. The lowest BCUT2D eigenvalue weighted by Gasteiger charge is -2.10. The zero-order chi connectivity index (χ0) is 17.7. The number of nitrogens with zero attached hydrogens (tertiary/aromatic N) is 1. The Labute approximate surface area is 143 Å². The third kappa shape index (κ3) is 4.36. The lowest BCUT2D eigenvalue weighted by Crippen LogP contribution is -2.20. The number of non-ortho nitro benzene ring substituents is 1. The number of nitro groups is 1. The molecule has 0 aromatic heterocycles. The van der Waals surface area contributed by atoms with Gasteiger partial charge in [0.05, 0.1) is 17.1 Å². The van der Waals surface area contributed by atoms with Crippen LogP contribution in [0.25, 0.3) is 0 Å². The molecule has 0 heterocycles. The number of nitrogens with one attached hydrogen (secondary N) is 1. The quantitative estimate of drug-likeness (QED) is 0.635. The number of rotatable bonds is 6. The zero-order valence-corrected chi connectivity index (χ0v) is 13.8. The molecular weight excluding hydrogens is 336 g/mol. The van der Waals surface area contributed by atoms with Crippen LogP contribution >= 0.6 is 11.6 Å². The normalized spacial score (nSPS) is 10.1. The van der Waals surface area contributed by atoms with Crippen LogP contribution in [0.15, 0.2) is 36.4 Å². The second-order valence-electron chi connectivity index (χ2n) is 4.89. The Morgan fingerprint density at radius 2 is 1.96 bits per heavy atom. The Hall–Kier alpha value is -2.80. The Morgan fingerprint density at radius 3 is 2.54 bits per heavy atom. The molecule has 0 radical (unpaired) electrons. The van der Waals surface area contributed by atoms with Crippen LogP contribution < -0.4 is 14.8 Å². The van der Waals surface area contributed by atoms with Crippen LogP contribution in [-0.4, -0.2) is 24.5 Å². The minimum Gasteiger partial charge on any atom is -0.495 e. The molecule has 0 unspecified atom stereocenters. The Bertz CT molecular complexity index is 779. The molecule has 0 aliphatic rings. The fourth-order valence-corrected chi connectivity index (χ4v) is 2.25. The van der Waals surface area contributed by atoms with Crippen molar-refractivity contribution in [2.24, 2.45) is 0 Å². The van der Waals surface area contributed by atoms with E-state index in [1.807, 2.05) is 0 Å². The van der Waals surface area contributed by atoms with Gasteiger partial charge in [-0.05, 0) is 36.8 Å². The Kier molecular flexibility index (Phi) is 5.59. The van der Waals surface area contributed by atoms with E-state index in [1.54, 1.807) is 25.1 Å². The number of hydrogen-bond acceptors (Lipinski definition) is 5. The van der Waals surface area contributed by atoms with E-state index >= 15 is 0 Å². The van der Waals surface area contributed by atoms with Crippen molar-refractivity contribution < 1.29 is 19.2 Å². The molecular formula is C16H15ClN2O5. The molecule has 0 atom stereocenters. The number of methoxy groups -OCH3 is 1. The predicted octanol–water partition coefficient (Wildman–Crippen LogP) is 3.58. The second-order valence-corrected chi connectivity index (χ2v) is 5.30. The van der Waals surface area contributed by atoms with Gasteiger partial charge < -0.3 is 14.8 Å². The number of carbonyl (C=O) groups is 1. The van der Waals surface area contributed by atoms with E-state index in [0.29, 0.717) is 27.8 Å². The fourth-order valence-electron chi connectivity index (χ4n) is 1.99. The lowest BCUT2D eigenvalue weighted by atomic mass is 10.2. The van der Waals surface area contributed by atoms with E-state index in [9.17, 15) is 14.9 Å². The van der Waals surface area contributed by atoms with Gasteiger partial charge in [-0.2, -0.15) is 0 Å². The van der Waals surface area contributed by atoms with Crippen molar-refractivity contribution in [2.75, 3.05) is 19.0 Å².